The van der Waals surface area contributed by atoms with Crippen molar-refractivity contribution in [2.75, 3.05) is 6.61 Å². The van der Waals surface area contributed by atoms with E-state index < -0.39 is 12.8 Å². The highest BCUT2D eigenvalue weighted by atomic mass is 16.3. The van der Waals surface area contributed by atoms with Crippen LogP contribution in [-0.2, 0) is 0 Å². The Balaban J connectivity index is 3.74. The van der Waals surface area contributed by atoms with E-state index in [9.17, 15) is 0 Å². The Hall–Kier alpha value is -0.0400. The minimum atomic E-state index is -2.00. The molecule has 0 amide bonds. The van der Waals surface area contributed by atoms with E-state index in [1.165, 1.54) is 0 Å². The summed E-state index contributed by atoms with van der Waals surface area (Å²) in [7, 11) is 0. The van der Waals surface area contributed by atoms with Crippen molar-refractivity contribution in [1.29, 1.82) is 0 Å². The standard InChI is InChI=1S/C10H22O/c1-4-9(2)6-5-7-10(3)8-11/h9-11H,4-8H2,1-3H3/i3D3. The summed E-state index contributed by atoms with van der Waals surface area (Å²) in [6.45, 7) is 2.09. The maximum Gasteiger partial charge on any atom is 0.0456 e. The number of hydrogen-bond donors (Lipinski definition) is 1. The van der Waals surface area contributed by atoms with Gasteiger partial charge in [0.1, 0.15) is 0 Å². The van der Waals surface area contributed by atoms with Crippen LogP contribution in [0.3, 0.4) is 0 Å². The monoisotopic (exact) mass is 161 g/mol. The molecule has 1 nitrogen and oxygen atoms in total. The van der Waals surface area contributed by atoms with Crippen LogP contribution < -0.4 is 0 Å². The van der Waals surface area contributed by atoms with Crippen LogP contribution in [0.4, 0.5) is 0 Å². The molecule has 0 aliphatic carbocycles. The second-order valence-electron chi connectivity index (χ2n) is 3.32. The van der Waals surface area contributed by atoms with Crippen molar-refractivity contribution in [2.24, 2.45) is 11.8 Å². The average molecular weight is 161 g/mol. The summed E-state index contributed by atoms with van der Waals surface area (Å²) in [5.41, 5.74) is 0. The lowest BCUT2D eigenvalue weighted by atomic mass is 9.98. The summed E-state index contributed by atoms with van der Waals surface area (Å²) in [6.07, 6.45) is 3.70. The molecule has 11 heavy (non-hydrogen) atoms. The zero-order valence-corrected chi connectivity index (χ0v) is 7.64. The third-order valence-corrected chi connectivity index (χ3v) is 2.17. The first-order valence-electron chi connectivity index (χ1n) is 6.02. The smallest absolute Gasteiger partial charge is 0.0456 e. The van der Waals surface area contributed by atoms with E-state index in [2.05, 4.69) is 13.8 Å². The highest BCUT2D eigenvalue weighted by Crippen LogP contribution is 2.14. The first-order chi connectivity index (χ1) is 6.41. The van der Waals surface area contributed by atoms with E-state index in [4.69, 9.17) is 9.22 Å². The van der Waals surface area contributed by atoms with Gasteiger partial charge in [-0.25, -0.2) is 0 Å². The quantitative estimate of drug-likeness (QED) is 0.635. The second kappa shape index (κ2) is 6.66. The van der Waals surface area contributed by atoms with Crippen LogP contribution in [0.5, 0.6) is 0 Å². The largest absolute Gasteiger partial charge is 0.396 e. The third-order valence-electron chi connectivity index (χ3n) is 2.17. The predicted octanol–water partition coefficient (Wildman–Crippen LogP) is 2.83. The lowest BCUT2D eigenvalue weighted by Crippen LogP contribution is -2.01. The van der Waals surface area contributed by atoms with Crippen molar-refractivity contribution in [3.63, 3.8) is 0 Å². The van der Waals surface area contributed by atoms with Crippen molar-refractivity contribution in [3.05, 3.63) is 0 Å². The van der Waals surface area contributed by atoms with Crippen molar-refractivity contribution in [2.45, 2.75) is 46.4 Å². The summed E-state index contributed by atoms with van der Waals surface area (Å²) in [4.78, 5) is 0. The molecule has 0 aromatic heterocycles. The van der Waals surface area contributed by atoms with Crippen molar-refractivity contribution >= 4 is 0 Å². The van der Waals surface area contributed by atoms with E-state index in [0.717, 1.165) is 19.3 Å². The summed E-state index contributed by atoms with van der Waals surface area (Å²) in [6, 6.07) is 0. The first-order valence-corrected chi connectivity index (χ1v) is 4.52. The van der Waals surface area contributed by atoms with Gasteiger partial charge in [-0.15, -0.1) is 0 Å². The molecule has 0 heterocycles. The van der Waals surface area contributed by atoms with E-state index >= 15 is 0 Å². The Bertz CT molecular complexity index is 145. The minimum absolute atomic E-state index is 0.225. The second-order valence-corrected chi connectivity index (χ2v) is 3.32. The molecule has 0 aliphatic rings. The molecule has 2 unspecified atom stereocenters. The van der Waals surface area contributed by atoms with Gasteiger partial charge in [-0.3, -0.25) is 0 Å². The molecule has 1 N–H and O–H groups in total. The molecule has 0 rings (SSSR count). The van der Waals surface area contributed by atoms with Gasteiger partial charge in [-0.1, -0.05) is 40.0 Å². The van der Waals surface area contributed by atoms with Crippen molar-refractivity contribution in [3.8, 4) is 0 Å². The zero-order chi connectivity index (χ0) is 11.2. The summed E-state index contributed by atoms with van der Waals surface area (Å²) < 4.78 is 21.6. The Morgan fingerprint density at radius 1 is 1.36 bits per heavy atom. The van der Waals surface area contributed by atoms with Crippen LogP contribution in [0.1, 0.15) is 50.5 Å². The topological polar surface area (TPSA) is 20.2 Å². The Morgan fingerprint density at radius 3 is 2.45 bits per heavy atom. The zero-order valence-electron chi connectivity index (χ0n) is 10.6. The fourth-order valence-electron chi connectivity index (χ4n) is 1.01. The molecule has 0 saturated heterocycles. The Morgan fingerprint density at radius 2 is 2.00 bits per heavy atom. The van der Waals surface area contributed by atoms with E-state index in [1.54, 1.807) is 0 Å². The number of hydrogen-bond acceptors (Lipinski definition) is 1. The lowest BCUT2D eigenvalue weighted by Gasteiger charge is -2.10. The summed E-state index contributed by atoms with van der Waals surface area (Å²) in [5, 5.41) is 8.92. The van der Waals surface area contributed by atoms with Crippen LogP contribution in [0.15, 0.2) is 0 Å². The van der Waals surface area contributed by atoms with Gasteiger partial charge in [0.05, 0.1) is 0 Å². The highest BCUT2D eigenvalue weighted by molar-refractivity contribution is 4.54. The fraction of sp³-hybridized carbons (Fsp3) is 1.00. The average Bonchev–Trinajstić information content (AvgIpc) is 2.09. The predicted molar refractivity (Wildman–Crippen MR) is 49.6 cm³/mol. The van der Waals surface area contributed by atoms with Crippen LogP contribution in [0.25, 0.3) is 0 Å². The molecule has 0 fully saturated rings. The maximum absolute atomic E-state index is 8.92. The number of rotatable bonds is 6. The molecule has 2 atom stereocenters. The van der Waals surface area contributed by atoms with Gasteiger partial charge in [0.25, 0.3) is 0 Å². The molecular formula is C10H22O. The van der Waals surface area contributed by atoms with Crippen molar-refractivity contribution in [1.82, 2.24) is 0 Å². The SMILES string of the molecule is [2H]C([2H])([2H])C(CO)CCCC(C)CC. The Kier molecular flexibility index (Phi) is 3.92. The van der Waals surface area contributed by atoms with Crippen LogP contribution in [-0.4, -0.2) is 11.7 Å². The van der Waals surface area contributed by atoms with E-state index in [0.29, 0.717) is 12.3 Å². The van der Waals surface area contributed by atoms with Gasteiger partial charge >= 0.3 is 0 Å². The van der Waals surface area contributed by atoms with Crippen LogP contribution >= 0.6 is 0 Å². The number of aliphatic hydroxyl groups is 1. The van der Waals surface area contributed by atoms with Crippen molar-refractivity contribution < 1.29 is 9.22 Å². The molecule has 68 valence electrons. The Labute approximate surface area is 75.0 Å². The maximum atomic E-state index is 8.92. The summed E-state index contributed by atoms with van der Waals surface area (Å²) in [5.74, 6) is 0.123. The molecule has 0 radical (unpaired) electrons. The molecule has 0 aromatic rings. The molecule has 0 aromatic carbocycles. The molecular weight excluding hydrogens is 136 g/mol. The van der Waals surface area contributed by atoms with Crippen LogP contribution in [0, 0.1) is 11.8 Å². The van der Waals surface area contributed by atoms with Gasteiger partial charge in [-0.05, 0) is 18.3 Å². The van der Waals surface area contributed by atoms with Crippen LogP contribution in [0.2, 0.25) is 0 Å². The van der Waals surface area contributed by atoms with Gasteiger partial charge < -0.3 is 5.11 Å². The van der Waals surface area contributed by atoms with Gasteiger partial charge in [-0.2, -0.15) is 0 Å². The highest BCUT2D eigenvalue weighted by Gasteiger charge is 2.02. The lowest BCUT2D eigenvalue weighted by molar-refractivity contribution is 0.225. The first kappa shape index (κ1) is 6.47. The third kappa shape index (κ3) is 6.36. The van der Waals surface area contributed by atoms with E-state index in [-0.39, 0.29) is 6.61 Å². The minimum Gasteiger partial charge on any atom is -0.396 e. The normalized spacial score (nSPS) is 21.5. The van der Waals surface area contributed by atoms with Gasteiger partial charge in [0.2, 0.25) is 0 Å². The van der Waals surface area contributed by atoms with Gasteiger partial charge in [0.15, 0.2) is 0 Å². The number of aliphatic hydroxyl groups excluding tert-OH is 1. The summed E-state index contributed by atoms with van der Waals surface area (Å²) >= 11 is 0. The van der Waals surface area contributed by atoms with E-state index in [1.807, 2.05) is 0 Å². The molecule has 0 bridgehead atoms. The molecule has 0 spiro atoms. The fourth-order valence-corrected chi connectivity index (χ4v) is 1.01. The molecule has 1 heteroatoms. The molecule has 0 saturated carbocycles. The molecule has 0 aliphatic heterocycles. The van der Waals surface area contributed by atoms with Gasteiger partial charge in [0, 0.05) is 10.7 Å².